The Bertz CT molecular complexity index is 569. The normalized spacial score (nSPS) is 18.2. The first kappa shape index (κ1) is 17.4. The molecule has 1 aromatic carbocycles. The molecule has 0 aliphatic carbocycles. The number of carbonyl (C=O) groups is 2. The van der Waals surface area contributed by atoms with Gasteiger partial charge < -0.3 is 15.2 Å². The Morgan fingerprint density at radius 3 is 2.61 bits per heavy atom. The van der Waals surface area contributed by atoms with Gasteiger partial charge >= 0.3 is 5.97 Å². The minimum absolute atomic E-state index is 0.0779. The number of halogens is 1. The van der Waals surface area contributed by atoms with Crippen molar-refractivity contribution >= 4 is 11.9 Å². The Labute approximate surface area is 134 Å². The van der Waals surface area contributed by atoms with Gasteiger partial charge in [-0.2, -0.15) is 0 Å². The third-order valence-corrected chi connectivity index (χ3v) is 4.46. The molecule has 0 spiro atoms. The summed E-state index contributed by atoms with van der Waals surface area (Å²) in [5.41, 5.74) is -0.475. The number of rotatable bonds is 6. The van der Waals surface area contributed by atoms with Gasteiger partial charge in [0.05, 0.1) is 5.41 Å². The Hall–Kier alpha value is -1.95. The highest BCUT2D eigenvalue weighted by Gasteiger charge is 2.40. The summed E-state index contributed by atoms with van der Waals surface area (Å²) < 4.78 is 18.9. The summed E-state index contributed by atoms with van der Waals surface area (Å²) in [6.07, 6.45) is 0.879. The lowest BCUT2D eigenvalue weighted by Crippen LogP contribution is -2.46. The van der Waals surface area contributed by atoms with E-state index in [0.717, 1.165) is 0 Å². The molecular formula is C17H22FNO4. The highest BCUT2D eigenvalue weighted by atomic mass is 19.1. The van der Waals surface area contributed by atoms with Crippen LogP contribution in [-0.4, -0.2) is 36.7 Å². The van der Waals surface area contributed by atoms with E-state index in [9.17, 15) is 19.1 Å². The van der Waals surface area contributed by atoms with E-state index < -0.39 is 11.4 Å². The van der Waals surface area contributed by atoms with Gasteiger partial charge in [-0.25, -0.2) is 4.39 Å². The average molecular weight is 323 g/mol. The maximum absolute atomic E-state index is 13.7. The van der Waals surface area contributed by atoms with E-state index in [0.29, 0.717) is 31.6 Å². The summed E-state index contributed by atoms with van der Waals surface area (Å²) in [7, 11) is 0. The maximum Gasteiger partial charge on any atom is 0.311 e. The van der Waals surface area contributed by atoms with E-state index in [1.807, 2.05) is 0 Å². The van der Waals surface area contributed by atoms with Crippen LogP contribution < -0.4 is 5.32 Å². The van der Waals surface area contributed by atoms with E-state index in [1.165, 1.54) is 6.07 Å². The lowest BCUT2D eigenvalue weighted by Gasteiger charge is -2.33. The van der Waals surface area contributed by atoms with Crippen LogP contribution in [0.2, 0.25) is 0 Å². The Kier molecular flexibility index (Phi) is 5.71. The monoisotopic (exact) mass is 323 g/mol. The second-order valence-electron chi connectivity index (χ2n) is 6.10. The van der Waals surface area contributed by atoms with E-state index in [-0.39, 0.29) is 30.6 Å². The molecule has 0 bridgehead atoms. The second-order valence-corrected chi connectivity index (χ2v) is 6.10. The molecule has 6 heteroatoms. The number of hydrogen-bond donors (Lipinski definition) is 2. The minimum Gasteiger partial charge on any atom is -0.481 e. The van der Waals surface area contributed by atoms with Crippen LogP contribution in [0.25, 0.3) is 0 Å². The third-order valence-electron chi connectivity index (χ3n) is 4.46. The molecule has 1 aromatic rings. The summed E-state index contributed by atoms with van der Waals surface area (Å²) in [6, 6.07) is 6.36. The topological polar surface area (TPSA) is 75.6 Å². The van der Waals surface area contributed by atoms with Crippen molar-refractivity contribution in [1.29, 1.82) is 0 Å². The average Bonchev–Trinajstić information content (AvgIpc) is 2.54. The fourth-order valence-corrected chi connectivity index (χ4v) is 2.83. The van der Waals surface area contributed by atoms with Gasteiger partial charge in [0, 0.05) is 26.2 Å². The van der Waals surface area contributed by atoms with Crippen LogP contribution in [0.15, 0.2) is 24.3 Å². The molecule has 0 aromatic heterocycles. The number of benzene rings is 1. The largest absolute Gasteiger partial charge is 0.481 e. The number of carboxylic acid groups (broad SMARTS) is 1. The molecule has 1 amide bonds. The number of carboxylic acids is 1. The summed E-state index contributed by atoms with van der Waals surface area (Å²) in [6.45, 7) is 2.62. The highest BCUT2D eigenvalue weighted by Crippen LogP contribution is 2.30. The molecule has 1 fully saturated rings. The molecule has 1 aliphatic rings. The first-order valence-electron chi connectivity index (χ1n) is 7.77. The zero-order chi connectivity index (χ0) is 16.9. The summed E-state index contributed by atoms with van der Waals surface area (Å²) >= 11 is 0. The van der Waals surface area contributed by atoms with E-state index in [4.69, 9.17) is 4.74 Å². The molecular weight excluding hydrogens is 301 g/mol. The van der Waals surface area contributed by atoms with Gasteiger partial charge in [0.15, 0.2) is 0 Å². The van der Waals surface area contributed by atoms with Crippen LogP contribution in [0.1, 0.15) is 37.7 Å². The first-order chi connectivity index (χ1) is 10.9. The van der Waals surface area contributed by atoms with Crippen molar-refractivity contribution < 1.29 is 23.8 Å². The number of carbonyl (C=O) groups excluding carboxylic acids is 1. The molecule has 1 heterocycles. The predicted molar refractivity (Wildman–Crippen MR) is 82.6 cm³/mol. The standard InChI is InChI=1S/C17H22FNO4/c1-12(13-4-2-3-5-14(13)18)10-15(20)19-11-17(16(21)22)6-8-23-9-7-17/h2-5,12H,6-11H2,1H3,(H,19,20)(H,21,22). The van der Waals surface area contributed by atoms with Crippen molar-refractivity contribution in [2.75, 3.05) is 19.8 Å². The van der Waals surface area contributed by atoms with Gasteiger partial charge in [-0.1, -0.05) is 25.1 Å². The van der Waals surface area contributed by atoms with Gasteiger partial charge in [-0.3, -0.25) is 9.59 Å². The van der Waals surface area contributed by atoms with Crippen molar-refractivity contribution in [3.05, 3.63) is 35.6 Å². The molecule has 0 saturated carbocycles. The number of hydrogen-bond acceptors (Lipinski definition) is 3. The zero-order valence-electron chi connectivity index (χ0n) is 13.2. The van der Waals surface area contributed by atoms with Crippen molar-refractivity contribution in [1.82, 2.24) is 5.32 Å². The molecule has 23 heavy (non-hydrogen) atoms. The van der Waals surface area contributed by atoms with Crippen molar-refractivity contribution in [3.63, 3.8) is 0 Å². The smallest absolute Gasteiger partial charge is 0.311 e. The molecule has 2 N–H and O–H groups in total. The summed E-state index contributed by atoms with van der Waals surface area (Å²) in [5, 5.41) is 12.1. The molecule has 1 unspecified atom stereocenters. The fraction of sp³-hybridized carbons (Fsp3) is 0.529. The zero-order valence-corrected chi connectivity index (χ0v) is 13.2. The van der Waals surface area contributed by atoms with Crippen LogP contribution >= 0.6 is 0 Å². The van der Waals surface area contributed by atoms with Gasteiger partial charge in [-0.05, 0) is 30.4 Å². The van der Waals surface area contributed by atoms with Crippen LogP contribution in [0.5, 0.6) is 0 Å². The lowest BCUT2D eigenvalue weighted by molar-refractivity contribution is -0.154. The first-order valence-corrected chi connectivity index (χ1v) is 7.77. The Morgan fingerprint density at radius 2 is 2.00 bits per heavy atom. The van der Waals surface area contributed by atoms with Gasteiger partial charge in [0.1, 0.15) is 5.82 Å². The summed E-state index contributed by atoms with van der Waals surface area (Å²) in [5.74, 6) is -1.79. The van der Waals surface area contributed by atoms with E-state index in [1.54, 1.807) is 25.1 Å². The second kappa shape index (κ2) is 7.55. The van der Waals surface area contributed by atoms with Crippen molar-refractivity contribution in [3.8, 4) is 0 Å². The van der Waals surface area contributed by atoms with Crippen LogP contribution in [0, 0.1) is 11.2 Å². The Balaban J connectivity index is 1.91. The number of aliphatic carboxylic acids is 1. The van der Waals surface area contributed by atoms with Gasteiger partial charge in [0.25, 0.3) is 0 Å². The number of nitrogens with one attached hydrogen (secondary N) is 1. The third kappa shape index (κ3) is 4.28. The van der Waals surface area contributed by atoms with Crippen LogP contribution in [-0.2, 0) is 14.3 Å². The van der Waals surface area contributed by atoms with E-state index in [2.05, 4.69) is 5.32 Å². The molecule has 126 valence electrons. The molecule has 5 nitrogen and oxygen atoms in total. The summed E-state index contributed by atoms with van der Waals surface area (Å²) in [4.78, 5) is 23.6. The quantitative estimate of drug-likeness (QED) is 0.842. The minimum atomic E-state index is -0.963. The maximum atomic E-state index is 13.7. The molecule has 2 rings (SSSR count). The number of amides is 1. The van der Waals surface area contributed by atoms with Crippen LogP contribution in [0.3, 0.4) is 0 Å². The SMILES string of the molecule is CC(CC(=O)NCC1(C(=O)O)CCOCC1)c1ccccc1F. The van der Waals surface area contributed by atoms with Gasteiger partial charge in [-0.15, -0.1) is 0 Å². The lowest BCUT2D eigenvalue weighted by atomic mass is 9.80. The molecule has 1 saturated heterocycles. The molecule has 1 atom stereocenters. The predicted octanol–water partition coefficient (Wildman–Crippen LogP) is 2.32. The fourth-order valence-electron chi connectivity index (χ4n) is 2.83. The molecule has 0 radical (unpaired) electrons. The van der Waals surface area contributed by atoms with Crippen molar-refractivity contribution in [2.45, 2.75) is 32.1 Å². The van der Waals surface area contributed by atoms with Crippen molar-refractivity contribution in [2.24, 2.45) is 5.41 Å². The van der Waals surface area contributed by atoms with Crippen LogP contribution in [0.4, 0.5) is 4.39 Å². The van der Waals surface area contributed by atoms with Gasteiger partial charge in [0.2, 0.25) is 5.91 Å². The van der Waals surface area contributed by atoms with E-state index >= 15 is 0 Å². The highest BCUT2D eigenvalue weighted by molar-refractivity contribution is 5.79. The number of ether oxygens (including phenoxy) is 1. The molecule has 1 aliphatic heterocycles. The Morgan fingerprint density at radius 1 is 1.35 bits per heavy atom.